The zero-order chi connectivity index (χ0) is 15.7. The molecule has 0 heterocycles. The van der Waals surface area contributed by atoms with E-state index in [9.17, 15) is 20.1 Å². The fourth-order valence-corrected chi connectivity index (χ4v) is 2.17. The maximum atomic E-state index is 12.2. The average Bonchev–Trinajstić information content (AvgIpc) is 2.53. The summed E-state index contributed by atoms with van der Waals surface area (Å²) in [6, 6.07) is 13.4. The maximum absolute atomic E-state index is 12.2. The van der Waals surface area contributed by atoms with Gasteiger partial charge in [-0.3, -0.25) is 0 Å². The predicted octanol–water partition coefficient (Wildman–Crippen LogP) is 3.18. The van der Waals surface area contributed by atoms with Crippen LogP contribution >= 0.6 is 0 Å². The highest BCUT2D eigenvalue weighted by Crippen LogP contribution is 2.35. The first kappa shape index (κ1) is 13.8. The summed E-state index contributed by atoms with van der Waals surface area (Å²) in [5, 5.41) is 30.2. The summed E-state index contributed by atoms with van der Waals surface area (Å²) in [6.45, 7) is 0. The minimum Gasteiger partial charge on any atom is -0.508 e. The first-order valence-electron chi connectivity index (χ1n) is 6.51. The van der Waals surface area contributed by atoms with Gasteiger partial charge in [-0.1, -0.05) is 24.3 Å². The molecule has 0 fully saturated rings. The minimum absolute atomic E-state index is 0.0472. The van der Waals surface area contributed by atoms with Gasteiger partial charge in [0.1, 0.15) is 28.6 Å². The van der Waals surface area contributed by atoms with E-state index < -0.39 is 5.97 Å². The lowest BCUT2D eigenvalue weighted by Crippen LogP contribution is -2.08. The number of esters is 1. The maximum Gasteiger partial charge on any atom is 0.347 e. The van der Waals surface area contributed by atoms with E-state index in [4.69, 9.17) is 4.74 Å². The van der Waals surface area contributed by atoms with Crippen LogP contribution in [-0.2, 0) is 0 Å². The number of aromatic hydroxyl groups is 3. The van der Waals surface area contributed by atoms with E-state index in [0.717, 1.165) is 0 Å². The van der Waals surface area contributed by atoms with Gasteiger partial charge < -0.3 is 20.1 Å². The molecule has 5 heteroatoms. The van der Waals surface area contributed by atoms with Crippen LogP contribution in [0.1, 0.15) is 10.4 Å². The molecule has 0 bridgehead atoms. The van der Waals surface area contributed by atoms with Gasteiger partial charge in [0.15, 0.2) is 0 Å². The molecule has 0 radical (unpaired) electrons. The summed E-state index contributed by atoms with van der Waals surface area (Å²) < 4.78 is 5.12. The van der Waals surface area contributed by atoms with Gasteiger partial charge in [-0.25, -0.2) is 4.79 Å². The lowest BCUT2D eigenvalue weighted by atomic mass is 10.0. The fraction of sp³-hybridized carbons (Fsp3) is 0. The molecule has 0 aliphatic heterocycles. The van der Waals surface area contributed by atoms with E-state index in [1.807, 2.05) is 0 Å². The molecule has 0 aliphatic rings. The van der Waals surface area contributed by atoms with Crippen LogP contribution in [0.25, 0.3) is 10.8 Å². The Bertz CT molecular complexity index is 853. The molecule has 22 heavy (non-hydrogen) atoms. The standard InChI is InChI=1S/C17H12O5/c18-10-5-7-11(8-6-10)22-17(21)14-9-15(19)12-3-1-2-4-13(12)16(14)20/h1-9,18-20H. The number of fused-ring (bicyclic) bond motifs is 1. The van der Waals surface area contributed by atoms with Crippen molar-refractivity contribution in [2.75, 3.05) is 0 Å². The number of hydrogen-bond acceptors (Lipinski definition) is 5. The highest BCUT2D eigenvalue weighted by Gasteiger charge is 2.18. The second-order valence-corrected chi connectivity index (χ2v) is 4.72. The van der Waals surface area contributed by atoms with Crippen LogP contribution in [0.15, 0.2) is 54.6 Å². The van der Waals surface area contributed by atoms with Gasteiger partial charge in [0, 0.05) is 10.8 Å². The van der Waals surface area contributed by atoms with Gasteiger partial charge in [0.25, 0.3) is 0 Å². The number of carbonyl (C=O) groups excluding carboxylic acids is 1. The van der Waals surface area contributed by atoms with Crippen LogP contribution in [0, 0.1) is 0 Å². The third kappa shape index (κ3) is 2.40. The van der Waals surface area contributed by atoms with Crippen molar-refractivity contribution in [3.8, 4) is 23.0 Å². The molecule has 0 aliphatic carbocycles. The van der Waals surface area contributed by atoms with E-state index in [-0.39, 0.29) is 28.6 Å². The number of phenols is 3. The zero-order valence-electron chi connectivity index (χ0n) is 11.4. The largest absolute Gasteiger partial charge is 0.508 e. The van der Waals surface area contributed by atoms with Crippen molar-refractivity contribution >= 4 is 16.7 Å². The Balaban J connectivity index is 2.00. The van der Waals surface area contributed by atoms with Crippen molar-refractivity contribution in [1.29, 1.82) is 0 Å². The molecule has 0 aromatic heterocycles. The van der Waals surface area contributed by atoms with Crippen molar-refractivity contribution in [3.63, 3.8) is 0 Å². The van der Waals surface area contributed by atoms with Gasteiger partial charge in [0.05, 0.1) is 0 Å². The summed E-state index contributed by atoms with van der Waals surface area (Å²) in [6.07, 6.45) is 0. The van der Waals surface area contributed by atoms with E-state index in [2.05, 4.69) is 0 Å². The van der Waals surface area contributed by atoms with Crippen molar-refractivity contribution in [2.24, 2.45) is 0 Å². The number of ether oxygens (including phenoxy) is 1. The third-order valence-electron chi connectivity index (χ3n) is 3.26. The number of rotatable bonds is 2. The van der Waals surface area contributed by atoms with Crippen molar-refractivity contribution in [1.82, 2.24) is 0 Å². The molecular weight excluding hydrogens is 284 g/mol. The van der Waals surface area contributed by atoms with Crippen LogP contribution in [-0.4, -0.2) is 21.3 Å². The molecule has 0 unspecified atom stereocenters. The third-order valence-corrected chi connectivity index (χ3v) is 3.26. The van der Waals surface area contributed by atoms with E-state index in [1.165, 1.54) is 30.3 Å². The lowest BCUT2D eigenvalue weighted by Gasteiger charge is -2.10. The molecule has 110 valence electrons. The Labute approximate surface area is 125 Å². The van der Waals surface area contributed by atoms with Crippen LogP contribution in [0.3, 0.4) is 0 Å². The topological polar surface area (TPSA) is 87.0 Å². The van der Waals surface area contributed by atoms with Crippen LogP contribution in [0.4, 0.5) is 0 Å². The zero-order valence-corrected chi connectivity index (χ0v) is 11.4. The Morgan fingerprint density at radius 3 is 2.18 bits per heavy atom. The Kier molecular flexibility index (Phi) is 3.31. The highest BCUT2D eigenvalue weighted by molar-refractivity contribution is 6.04. The SMILES string of the molecule is O=C(Oc1ccc(O)cc1)c1cc(O)c2ccccc2c1O. The molecule has 0 amide bonds. The average molecular weight is 296 g/mol. The van der Waals surface area contributed by atoms with Crippen molar-refractivity contribution in [3.05, 3.63) is 60.2 Å². The quantitative estimate of drug-likeness (QED) is 0.384. The predicted molar refractivity (Wildman–Crippen MR) is 80.3 cm³/mol. The molecule has 0 atom stereocenters. The normalized spacial score (nSPS) is 10.5. The fourth-order valence-electron chi connectivity index (χ4n) is 2.17. The molecule has 0 saturated carbocycles. The first-order chi connectivity index (χ1) is 10.6. The van der Waals surface area contributed by atoms with E-state index >= 15 is 0 Å². The molecule has 3 rings (SSSR count). The van der Waals surface area contributed by atoms with Gasteiger partial charge in [-0.15, -0.1) is 0 Å². The Hall–Kier alpha value is -3.21. The Morgan fingerprint density at radius 2 is 1.50 bits per heavy atom. The Morgan fingerprint density at radius 1 is 0.864 bits per heavy atom. The molecule has 5 nitrogen and oxygen atoms in total. The van der Waals surface area contributed by atoms with Gasteiger partial charge >= 0.3 is 5.97 Å². The first-order valence-corrected chi connectivity index (χ1v) is 6.51. The van der Waals surface area contributed by atoms with Crippen LogP contribution in [0.2, 0.25) is 0 Å². The second-order valence-electron chi connectivity index (χ2n) is 4.72. The smallest absolute Gasteiger partial charge is 0.347 e. The van der Waals surface area contributed by atoms with E-state index in [0.29, 0.717) is 10.8 Å². The molecule has 0 saturated heterocycles. The summed E-state index contributed by atoms with van der Waals surface area (Å²) in [5.74, 6) is -0.909. The summed E-state index contributed by atoms with van der Waals surface area (Å²) in [5.41, 5.74) is -0.135. The molecule has 0 spiro atoms. The summed E-state index contributed by atoms with van der Waals surface area (Å²) in [4.78, 5) is 12.2. The molecule has 3 N–H and O–H groups in total. The van der Waals surface area contributed by atoms with Gasteiger partial charge in [-0.05, 0) is 30.3 Å². The van der Waals surface area contributed by atoms with Crippen LogP contribution in [0.5, 0.6) is 23.0 Å². The molecular formula is C17H12O5. The molecule has 3 aromatic rings. The number of carbonyl (C=O) groups is 1. The van der Waals surface area contributed by atoms with E-state index in [1.54, 1.807) is 24.3 Å². The van der Waals surface area contributed by atoms with Crippen molar-refractivity contribution < 1.29 is 24.9 Å². The number of phenolic OH excluding ortho intramolecular Hbond substituents is 3. The highest BCUT2D eigenvalue weighted by atomic mass is 16.5. The summed E-state index contributed by atoms with van der Waals surface area (Å²) >= 11 is 0. The van der Waals surface area contributed by atoms with Crippen LogP contribution < -0.4 is 4.74 Å². The van der Waals surface area contributed by atoms with Gasteiger partial charge in [0.2, 0.25) is 0 Å². The van der Waals surface area contributed by atoms with Crippen molar-refractivity contribution in [2.45, 2.75) is 0 Å². The minimum atomic E-state index is -0.802. The number of benzene rings is 3. The monoisotopic (exact) mass is 296 g/mol. The number of hydrogen-bond donors (Lipinski definition) is 3. The molecule has 3 aromatic carbocycles. The summed E-state index contributed by atoms with van der Waals surface area (Å²) in [7, 11) is 0. The lowest BCUT2D eigenvalue weighted by molar-refractivity contribution is 0.0731. The second kappa shape index (κ2) is 5.29. The van der Waals surface area contributed by atoms with Gasteiger partial charge in [-0.2, -0.15) is 0 Å².